The summed E-state index contributed by atoms with van der Waals surface area (Å²) in [4.78, 5) is 31.4. The van der Waals surface area contributed by atoms with Crippen molar-refractivity contribution in [2.24, 2.45) is 11.7 Å². The molecule has 0 aromatic carbocycles. The van der Waals surface area contributed by atoms with E-state index in [-0.39, 0.29) is 12.8 Å². The minimum Gasteiger partial charge on any atom is -0.481 e. The second-order valence-corrected chi connectivity index (χ2v) is 3.50. The van der Waals surface area contributed by atoms with Crippen molar-refractivity contribution < 1.29 is 29.7 Å². The minimum atomic E-state index is -1.48. The van der Waals surface area contributed by atoms with Crippen LogP contribution in [0.25, 0.3) is 0 Å². The molecular formula is C11H15NO6. The molecule has 100 valence electrons. The van der Waals surface area contributed by atoms with Crippen LogP contribution in [0.5, 0.6) is 0 Å². The molecular weight excluding hydrogens is 242 g/mol. The predicted octanol–water partition coefficient (Wildman–Crippen LogP) is 0.0763. The Morgan fingerprint density at radius 2 is 1.33 bits per heavy atom. The molecule has 0 aliphatic rings. The summed E-state index contributed by atoms with van der Waals surface area (Å²) in [6.45, 7) is 0. The zero-order valence-electron chi connectivity index (χ0n) is 9.52. The van der Waals surface area contributed by atoms with Gasteiger partial charge in [-0.2, -0.15) is 0 Å². The van der Waals surface area contributed by atoms with E-state index in [1.54, 1.807) is 0 Å². The lowest BCUT2D eigenvalue weighted by Crippen LogP contribution is -2.29. The number of rotatable bonds is 8. The van der Waals surface area contributed by atoms with Crippen molar-refractivity contribution >= 4 is 17.9 Å². The molecule has 0 fully saturated rings. The molecule has 0 saturated heterocycles. The summed E-state index contributed by atoms with van der Waals surface area (Å²) in [5.74, 6) is -5.38. The van der Waals surface area contributed by atoms with Gasteiger partial charge in [0.2, 0.25) is 0 Å². The highest BCUT2D eigenvalue weighted by atomic mass is 16.4. The number of hydrogen-bond donors (Lipinski definition) is 4. The normalized spacial score (nSPS) is 13.2. The molecule has 0 aliphatic carbocycles. The van der Waals surface area contributed by atoms with Crippen LogP contribution in [0.4, 0.5) is 0 Å². The molecule has 0 saturated carbocycles. The number of allylic oxidation sites excluding steroid dienone is 3. The van der Waals surface area contributed by atoms with Crippen LogP contribution in [0, 0.1) is 5.92 Å². The molecule has 0 aromatic heterocycles. The Balaban J connectivity index is 4.10. The molecule has 0 heterocycles. The molecule has 0 rings (SSSR count). The molecule has 18 heavy (non-hydrogen) atoms. The van der Waals surface area contributed by atoms with E-state index < -0.39 is 29.9 Å². The van der Waals surface area contributed by atoms with Gasteiger partial charge in [-0.1, -0.05) is 24.3 Å². The maximum Gasteiger partial charge on any atom is 0.320 e. The van der Waals surface area contributed by atoms with E-state index in [1.807, 2.05) is 0 Å². The summed E-state index contributed by atoms with van der Waals surface area (Å²) in [5.41, 5.74) is 5.23. The number of carboxylic acid groups (broad SMARTS) is 3. The summed E-state index contributed by atoms with van der Waals surface area (Å²) in [6, 6.07) is -0.986. The number of nitrogens with two attached hydrogens (primary N) is 1. The fourth-order valence-corrected chi connectivity index (χ4v) is 1.01. The van der Waals surface area contributed by atoms with Crippen LogP contribution in [0.1, 0.15) is 12.8 Å². The molecule has 0 spiro atoms. The molecule has 0 bridgehead atoms. The van der Waals surface area contributed by atoms with Crippen LogP contribution in [0.3, 0.4) is 0 Å². The third kappa shape index (κ3) is 6.44. The van der Waals surface area contributed by atoms with Crippen LogP contribution >= 0.6 is 0 Å². The van der Waals surface area contributed by atoms with E-state index >= 15 is 0 Å². The molecule has 0 aliphatic heterocycles. The number of carboxylic acids is 3. The van der Waals surface area contributed by atoms with Crippen molar-refractivity contribution in [3.63, 3.8) is 0 Å². The second-order valence-electron chi connectivity index (χ2n) is 3.50. The lowest BCUT2D eigenvalue weighted by atomic mass is 10.1. The van der Waals surface area contributed by atoms with Crippen LogP contribution in [0.2, 0.25) is 0 Å². The molecule has 0 amide bonds. The summed E-state index contributed by atoms with van der Waals surface area (Å²) in [5, 5.41) is 25.6. The van der Waals surface area contributed by atoms with Gasteiger partial charge in [0.15, 0.2) is 5.92 Å². The summed E-state index contributed by atoms with van der Waals surface area (Å²) in [6.07, 6.45) is 5.83. The molecule has 1 unspecified atom stereocenters. The largest absolute Gasteiger partial charge is 0.481 e. The van der Waals surface area contributed by atoms with Gasteiger partial charge < -0.3 is 21.1 Å². The monoisotopic (exact) mass is 257 g/mol. The average molecular weight is 257 g/mol. The van der Waals surface area contributed by atoms with Gasteiger partial charge in [-0.25, -0.2) is 0 Å². The van der Waals surface area contributed by atoms with Crippen LogP contribution in [-0.4, -0.2) is 39.3 Å². The van der Waals surface area contributed by atoms with Gasteiger partial charge in [-0.15, -0.1) is 0 Å². The minimum absolute atomic E-state index is 0.139. The summed E-state index contributed by atoms with van der Waals surface area (Å²) < 4.78 is 0. The number of hydrogen-bond acceptors (Lipinski definition) is 4. The van der Waals surface area contributed by atoms with Crippen LogP contribution < -0.4 is 5.73 Å². The molecule has 5 N–H and O–H groups in total. The standard InChI is InChI=1S/C11H15NO6/c12-8(11(17)18)6-4-2-1-3-5-7(9(13)14)10(15)16/h1-4,7-8H,5-6,12H2,(H,13,14)(H,15,16)(H,17,18)/b3-1+,4-2+. The Bertz CT molecular complexity index is 360. The fraction of sp³-hybridized carbons (Fsp3) is 0.364. The topological polar surface area (TPSA) is 138 Å². The van der Waals surface area contributed by atoms with Gasteiger partial charge in [0.05, 0.1) is 0 Å². The van der Waals surface area contributed by atoms with Crippen LogP contribution in [0.15, 0.2) is 24.3 Å². The smallest absolute Gasteiger partial charge is 0.320 e. The van der Waals surface area contributed by atoms with E-state index in [2.05, 4.69) is 0 Å². The second kappa shape index (κ2) is 8.02. The number of carbonyl (C=O) groups is 3. The zero-order chi connectivity index (χ0) is 14.1. The Kier molecular flexibility index (Phi) is 7.06. The van der Waals surface area contributed by atoms with Gasteiger partial charge >= 0.3 is 17.9 Å². The van der Waals surface area contributed by atoms with Crippen molar-refractivity contribution in [1.29, 1.82) is 0 Å². The van der Waals surface area contributed by atoms with Gasteiger partial charge in [-0.05, 0) is 12.8 Å². The van der Waals surface area contributed by atoms with Crippen molar-refractivity contribution in [2.45, 2.75) is 18.9 Å². The molecule has 0 aromatic rings. The fourth-order valence-electron chi connectivity index (χ4n) is 1.01. The third-order valence-corrected chi connectivity index (χ3v) is 2.06. The van der Waals surface area contributed by atoms with E-state index in [4.69, 9.17) is 21.1 Å². The predicted molar refractivity (Wildman–Crippen MR) is 61.9 cm³/mol. The first-order chi connectivity index (χ1) is 8.36. The maximum atomic E-state index is 10.5. The first-order valence-corrected chi connectivity index (χ1v) is 5.12. The van der Waals surface area contributed by atoms with Gasteiger partial charge in [0, 0.05) is 0 Å². The third-order valence-electron chi connectivity index (χ3n) is 2.06. The highest BCUT2D eigenvalue weighted by Crippen LogP contribution is 2.04. The first kappa shape index (κ1) is 15.9. The van der Waals surface area contributed by atoms with Crippen LogP contribution in [-0.2, 0) is 14.4 Å². The molecule has 0 radical (unpaired) electrons. The van der Waals surface area contributed by atoms with E-state index in [9.17, 15) is 14.4 Å². The highest BCUT2D eigenvalue weighted by Gasteiger charge is 2.23. The Hall–Kier alpha value is -2.15. The van der Waals surface area contributed by atoms with E-state index in [1.165, 1.54) is 24.3 Å². The van der Waals surface area contributed by atoms with Crippen molar-refractivity contribution in [3.8, 4) is 0 Å². The molecule has 1 atom stereocenters. The van der Waals surface area contributed by atoms with Gasteiger partial charge in [0.25, 0.3) is 0 Å². The van der Waals surface area contributed by atoms with Gasteiger partial charge in [-0.3, -0.25) is 14.4 Å². The van der Waals surface area contributed by atoms with Crippen molar-refractivity contribution in [1.82, 2.24) is 0 Å². The quantitative estimate of drug-likeness (QED) is 0.356. The maximum absolute atomic E-state index is 10.5. The summed E-state index contributed by atoms with van der Waals surface area (Å²) >= 11 is 0. The Labute approximate surface area is 103 Å². The first-order valence-electron chi connectivity index (χ1n) is 5.12. The molecule has 7 heteroatoms. The Morgan fingerprint density at radius 1 is 0.889 bits per heavy atom. The molecule has 7 nitrogen and oxygen atoms in total. The van der Waals surface area contributed by atoms with Crippen molar-refractivity contribution in [3.05, 3.63) is 24.3 Å². The number of aliphatic carboxylic acids is 3. The SMILES string of the molecule is NC(C/C=C/C=C/CC(C(=O)O)C(=O)O)C(=O)O. The van der Waals surface area contributed by atoms with Gasteiger partial charge in [0.1, 0.15) is 6.04 Å². The van der Waals surface area contributed by atoms with Crippen molar-refractivity contribution in [2.75, 3.05) is 0 Å². The van der Waals surface area contributed by atoms with E-state index in [0.717, 1.165) is 0 Å². The average Bonchev–Trinajstić information content (AvgIpc) is 2.26. The van der Waals surface area contributed by atoms with E-state index in [0.29, 0.717) is 0 Å². The zero-order valence-corrected chi connectivity index (χ0v) is 9.52. The highest BCUT2D eigenvalue weighted by molar-refractivity contribution is 5.93. The summed E-state index contributed by atoms with van der Waals surface area (Å²) in [7, 11) is 0. The lowest BCUT2D eigenvalue weighted by molar-refractivity contribution is -0.154. The lowest BCUT2D eigenvalue weighted by Gasteiger charge is -2.02. The Morgan fingerprint density at radius 3 is 1.72 bits per heavy atom.